The van der Waals surface area contributed by atoms with Crippen LogP contribution >= 0.6 is 0 Å². The number of phenolic OH excluding ortho intramolecular Hbond substituents is 1. The molecule has 0 aliphatic rings. The Hall–Kier alpha value is -3.40. The van der Waals surface area contributed by atoms with Gasteiger partial charge < -0.3 is 9.52 Å². The Labute approximate surface area is 137 Å². The van der Waals surface area contributed by atoms with E-state index in [0.717, 1.165) is 16.8 Å². The zero-order valence-electron chi connectivity index (χ0n) is 12.6. The van der Waals surface area contributed by atoms with Crippen LogP contribution in [0.3, 0.4) is 0 Å². The predicted molar refractivity (Wildman–Crippen MR) is 92.8 cm³/mol. The van der Waals surface area contributed by atoms with Crippen molar-refractivity contribution in [2.24, 2.45) is 0 Å². The summed E-state index contributed by atoms with van der Waals surface area (Å²) in [5.74, 6) is 0.488. The first-order valence-electron chi connectivity index (χ1n) is 7.49. The van der Waals surface area contributed by atoms with Crippen LogP contribution in [-0.2, 0) is 0 Å². The number of phenols is 1. The van der Waals surface area contributed by atoms with Gasteiger partial charge in [-0.25, -0.2) is 0 Å². The number of aromatic hydroxyl groups is 1. The molecule has 2 heterocycles. The standard InChI is InChI=1S/C20H13NO3/c22-15-7-9-19-16(10-15)18(23)11-20(24-19)14-6-8-17(21-12-14)13-4-2-1-3-5-13/h1-12,22H. The fourth-order valence-corrected chi connectivity index (χ4v) is 2.61. The molecule has 2 aromatic heterocycles. The first kappa shape index (κ1) is 14.2. The summed E-state index contributed by atoms with van der Waals surface area (Å²) in [6.07, 6.45) is 1.69. The Kier molecular flexibility index (Phi) is 3.35. The van der Waals surface area contributed by atoms with E-state index in [4.69, 9.17) is 4.42 Å². The summed E-state index contributed by atoms with van der Waals surface area (Å²) in [7, 11) is 0. The van der Waals surface area contributed by atoms with E-state index < -0.39 is 0 Å². The third kappa shape index (κ3) is 2.54. The lowest BCUT2D eigenvalue weighted by Gasteiger charge is -2.05. The first-order chi connectivity index (χ1) is 11.7. The summed E-state index contributed by atoms with van der Waals surface area (Å²) in [4.78, 5) is 16.7. The maximum absolute atomic E-state index is 12.2. The fourth-order valence-electron chi connectivity index (χ4n) is 2.61. The Bertz CT molecular complexity index is 1070. The second kappa shape index (κ2) is 5.66. The van der Waals surface area contributed by atoms with Crippen LogP contribution in [-0.4, -0.2) is 10.1 Å². The highest BCUT2D eigenvalue weighted by Crippen LogP contribution is 2.25. The number of hydrogen-bond acceptors (Lipinski definition) is 4. The molecule has 24 heavy (non-hydrogen) atoms. The van der Waals surface area contributed by atoms with Crippen LogP contribution in [0.4, 0.5) is 0 Å². The topological polar surface area (TPSA) is 63.3 Å². The average molecular weight is 315 g/mol. The van der Waals surface area contributed by atoms with Gasteiger partial charge in [0.15, 0.2) is 5.43 Å². The van der Waals surface area contributed by atoms with E-state index in [1.54, 1.807) is 12.3 Å². The maximum atomic E-state index is 12.2. The molecule has 0 unspecified atom stereocenters. The number of rotatable bonds is 2. The molecule has 0 amide bonds. The monoisotopic (exact) mass is 315 g/mol. The molecular weight excluding hydrogens is 302 g/mol. The third-order valence-electron chi connectivity index (χ3n) is 3.83. The number of benzene rings is 2. The zero-order chi connectivity index (χ0) is 16.5. The number of aromatic nitrogens is 1. The molecule has 0 saturated carbocycles. The Morgan fingerprint density at radius 2 is 1.71 bits per heavy atom. The number of nitrogens with zero attached hydrogens (tertiary/aromatic N) is 1. The van der Waals surface area contributed by atoms with Gasteiger partial charge in [-0.3, -0.25) is 9.78 Å². The van der Waals surface area contributed by atoms with Crippen molar-refractivity contribution in [3.05, 3.63) is 83.2 Å². The molecule has 0 aliphatic carbocycles. The summed E-state index contributed by atoms with van der Waals surface area (Å²) in [6, 6.07) is 19.5. The second-order valence-electron chi connectivity index (χ2n) is 5.45. The highest BCUT2D eigenvalue weighted by molar-refractivity contribution is 5.80. The molecule has 4 nitrogen and oxygen atoms in total. The summed E-state index contributed by atoms with van der Waals surface area (Å²) >= 11 is 0. The van der Waals surface area contributed by atoms with Gasteiger partial charge >= 0.3 is 0 Å². The number of fused-ring (bicyclic) bond motifs is 1. The van der Waals surface area contributed by atoms with E-state index in [0.29, 0.717) is 16.7 Å². The van der Waals surface area contributed by atoms with Crippen LogP contribution in [0.25, 0.3) is 33.6 Å². The molecule has 0 atom stereocenters. The van der Waals surface area contributed by atoms with Crippen molar-refractivity contribution in [2.45, 2.75) is 0 Å². The molecule has 0 radical (unpaired) electrons. The lowest BCUT2D eigenvalue weighted by atomic mass is 10.1. The van der Waals surface area contributed by atoms with Crippen LogP contribution in [0.15, 0.2) is 82.1 Å². The van der Waals surface area contributed by atoms with Crippen molar-refractivity contribution in [3.63, 3.8) is 0 Å². The maximum Gasteiger partial charge on any atom is 0.193 e. The van der Waals surface area contributed by atoms with E-state index in [1.165, 1.54) is 18.2 Å². The quantitative estimate of drug-likeness (QED) is 0.601. The van der Waals surface area contributed by atoms with Crippen molar-refractivity contribution in [1.29, 1.82) is 0 Å². The van der Waals surface area contributed by atoms with Crippen LogP contribution < -0.4 is 5.43 Å². The van der Waals surface area contributed by atoms with Gasteiger partial charge in [-0.2, -0.15) is 0 Å². The highest BCUT2D eigenvalue weighted by Gasteiger charge is 2.08. The van der Waals surface area contributed by atoms with Crippen molar-refractivity contribution in [1.82, 2.24) is 4.98 Å². The van der Waals surface area contributed by atoms with Gasteiger partial charge in [0, 0.05) is 23.4 Å². The summed E-state index contributed by atoms with van der Waals surface area (Å²) in [5.41, 5.74) is 2.84. The molecule has 0 saturated heterocycles. The van der Waals surface area contributed by atoms with E-state index in [2.05, 4.69) is 4.98 Å². The Balaban J connectivity index is 1.78. The van der Waals surface area contributed by atoms with Crippen molar-refractivity contribution in [3.8, 4) is 28.3 Å². The predicted octanol–water partition coefficient (Wildman–Crippen LogP) is 4.23. The van der Waals surface area contributed by atoms with E-state index in [-0.39, 0.29) is 11.2 Å². The minimum atomic E-state index is -0.200. The Morgan fingerprint density at radius 3 is 2.46 bits per heavy atom. The molecular formula is C20H13NO3. The molecule has 0 aliphatic heterocycles. The molecule has 0 bridgehead atoms. The zero-order valence-corrected chi connectivity index (χ0v) is 12.6. The lowest BCUT2D eigenvalue weighted by molar-refractivity contribution is 0.475. The van der Waals surface area contributed by atoms with Gasteiger partial charge in [-0.1, -0.05) is 30.3 Å². The highest BCUT2D eigenvalue weighted by atomic mass is 16.3. The minimum absolute atomic E-state index is 0.0384. The molecule has 1 N–H and O–H groups in total. The smallest absolute Gasteiger partial charge is 0.193 e. The molecule has 4 rings (SSSR count). The van der Waals surface area contributed by atoms with Gasteiger partial charge in [-0.05, 0) is 30.3 Å². The average Bonchev–Trinajstić information content (AvgIpc) is 2.63. The number of hydrogen-bond donors (Lipinski definition) is 1. The van der Waals surface area contributed by atoms with Crippen LogP contribution in [0.5, 0.6) is 5.75 Å². The molecule has 116 valence electrons. The van der Waals surface area contributed by atoms with Gasteiger partial charge in [0.1, 0.15) is 17.1 Å². The normalized spacial score (nSPS) is 10.8. The number of pyridine rings is 1. The SMILES string of the molecule is O=c1cc(-c2ccc(-c3ccccc3)nc2)oc2ccc(O)cc12. The van der Waals surface area contributed by atoms with Crippen LogP contribution in [0.2, 0.25) is 0 Å². The molecule has 0 spiro atoms. The third-order valence-corrected chi connectivity index (χ3v) is 3.83. The van der Waals surface area contributed by atoms with Crippen LogP contribution in [0.1, 0.15) is 0 Å². The lowest BCUT2D eigenvalue weighted by Crippen LogP contribution is -2.00. The molecule has 4 heteroatoms. The van der Waals surface area contributed by atoms with E-state index >= 15 is 0 Å². The van der Waals surface area contributed by atoms with Gasteiger partial charge in [-0.15, -0.1) is 0 Å². The van der Waals surface area contributed by atoms with Crippen LogP contribution in [0, 0.1) is 0 Å². The van der Waals surface area contributed by atoms with Gasteiger partial charge in [0.2, 0.25) is 0 Å². The van der Waals surface area contributed by atoms with E-state index in [1.807, 2.05) is 42.5 Å². The van der Waals surface area contributed by atoms with Crippen molar-refractivity contribution in [2.75, 3.05) is 0 Å². The second-order valence-corrected chi connectivity index (χ2v) is 5.45. The summed E-state index contributed by atoms with van der Waals surface area (Å²) in [6.45, 7) is 0. The largest absolute Gasteiger partial charge is 0.508 e. The van der Waals surface area contributed by atoms with E-state index in [9.17, 15) is 9.90 Å². The molecule has 4 aromatic rings. The summed E-state index contributed by atoms with van der Waals surface area (Å²) < 4.78 is 5.78. The Morgan fingerprint density at radius 1 is 0.875 bits per heavy atom. The van der Waals surface area contributed by atoms with Crippen molar-refractivity contribution < 1.29 is 9.52 Å². The van der Waals surface area contributed by atoms with Crippen molar-refractivity contribution >= 4 is 11.0 Å². The minimum Gasteiger partial charge on any atom is -0.508 e. The van der Waals surface area contributed by atoms with Gasteiger partial charge in [0.05, 0.1) is 11.1 Å². The first-order valence-corrected chi connectivity index (χ1v) is 7.49. The molecule has 0 fully saturated rings. The summed E-state index contributed by atoms with van der Waals surface area (Å²) in [5, 5.41) is 9.84. The fraction of sp³-hybridized carbons (Fsp3) is 0. The van der Waals surface area contributed by atoms with Gasteiger partial charge in [0.25, 0.3) is 0 Å². The molecule has 2 aromatic carbocycles.